The summed E-state index contributed by atoms with van der Waals surface area (Å²) in [4.78, 5) is 14.3. The predicted molar refractivity (Wildman–Crippen MR) is 140 cm³/mol. The molecule has 4 aliphatic rings. The average molecular weight is 577 g/mol. The molecule has 6 atom stereocenters. The van der Waals surface area contributed by atoms with Crippen LogP contribution in [0.3, 0.4) is 0 Å². The van der Waals surface area contributed by atoms with Crippen molar-refractivity contribution in [2.45, 2.75) is 42.2 Å². The molecule has 12 nitrogen and oxygen atoms in total. The number of aliphatic hydroxyl groups excluding tert-OH is 3. The Hall–Kier alpha value is -5.07. The van der Waals surface area contributed by atoms with E-state index in [9.17, 15) is 50.8 Å². The number of phenolic OH excluding ortho intramolecular Hbond substituents is 6. The van der Waals surface area contributed by atoms with Gasteiger partial charge in [-0.05, 0) is 35.4 Å². The lowest BCUT2D eigenvalue weighted by Gasteiger charge is -2.54. The van der Waals surface area contributed by atoms with Crippen molar-refractivity contribution in [1.82, 2.24) is 0 Å². The Morgan fingerprint density at radius 3 is 2.21 bits per heavy atom. The number of ether oxygens (including phenoxy) is 2. The molecule has 0 amide bonds. The van der Waals surface area contributed by atoms with E-state index in [1.807, 2.05) is 0 Å². The maximum Gasteiger partial charge on any atom is 0.178 e. The monoisotopic (exact) mass is 576 g/mol. The molecule has 9 N–H and O–H groups in total. The van der Waals surface area contributed by atoms with Crippen molar-refractivity contribution in [2.24, 2.45) is 0 Å². The molecule has 2 bridgehead atoms. The highest BCUT2D eigenvalue weighted by molar-refractivity contribution is 6.06. The fraction of sp³-hybridized carbons (Fsp3) is 0.233. The molecule has 7 rings (SSSR count). The SMILES string of the molecule is O=C1C=C(O)C2=C(O[C@H](c3ccc(O)c(O)c3)[C@@H](O)C2)[C@@]12c1cc(O)c(O)cc1[C@H]1Oc3cc(O)cc(O)c3[C@@H]2[C@@H]1O. The first-order valence-electron chi connectivity index (χ1n) is 13.0. The zero-order valence-electron chi connectivity index (χ0n) is 21.5. The van der Waals surface area contributed by atoms with E-state index in [-0.39, 0.29) is 51.5 Å². The number of rotatable bonds is 1. The number of phenols is 6. The summed E-state index contributed by atoms with van der Waals surface area (Å²) in [7, 11) is 0. The number of aliphatic hydroxyl groups is 3. The van der Waals surface area contributed by atoms with Crippen LogP contribution in [0.5, 0.6) is 40.2 Å². The molecule has 216 valence electrons. The highest BCUT2D eigenvalue weighted by Crippen LogP contribution is 2.65. The van der Waals surface area contributed by atoms with Crippen LogP contribution >= 0.6 is 0 Å². The Morgan fingerprint density at radius 2 is 1.48 bits per heavy atom. The van der Waals surface area contributed by atoms with Crippen LogP contribution in [0.4, 0.5) is 0 Å². The van der Waals surface area contributed by atoms with Crippen LogP contribution in [0.1, 0.15) is 46.8 Å². The molecule has 42 heavy (non-hydrogen) atoms. The molecule has 3 aromatic rings. The summed E-state index contributed by atoms with van der Waals surface area (Å²) >= 11 is 0. The second kappa shape index (κ2) is 8.47. The van der Waals surface area contributed by atoms with Gasteiger partial charge in [0.15, 0.2) is 34.9 Å². The van der Waals surface area contributed by atoms with Crippen molar-refractivity contribution in [1.29, 1.82) is 0 Å². The largest absolute Gasteiger partial charge is 0.508 e. The van der Waals surface area contributed by atoms with E-state index < -0.39 is 76.0 Å². The van der Waals surface area contributed by atoms with E-state index in [0.29, 0.717) is 0 Å². The van der Waals surface area contributed by atoms with Crippen LogP contribution < -0.4 is 4.74 Å². The summed E-state index contributed by atoms with van der Waals surface area (Å²) in [6.45, 7) is 0. The van der Waals surface area contributed by atoms with Crippen molar-refractivity contribution < 1.29 is 60.2 Å². The lowest BCUT2D eigenvalue weighted by Crippen LogP contribution is -2.58. The quantitative estimate of drug-likeness (QED) is 0.191. The summed E-state index contributed by atoms with van der Waals surface area (Å²) in [5.41, 5.74) is -1.80. The third kappa shape index (κ3) is 3.21. The third-order valence-corrected chi connectivity index (χ3v) is 8.60. The number of fused-ring (bicyclic) bond motifs is 9. The molecule has 3 aromatic carbocycles. The molecule has 0 saturated carbocycles. The van der Waals surface area contributed by atoms with E-state index in [1.165, 1.54) is 24.3 Å². The van der Waals surface area contributed by atoms with Gasteiger partial charge in [-0.25, -0.2) is 0 Å². The number of benzene rings is 3. The second-order valence-corrected chi connectivity index (χ2v) is 10.9. The molecule has 2 aliphatic carbocycles. The van der Waals surface area contributed by atoms with Crippen LogP contribution in [-0.4, -0.2) is 63.9 Å². The molecule has 1 spiro atoms. The summed E-state index contributed by atoms with van der Waals surface area (Å²) < 4.78 is 12.3. The van der Waals surface area contributed by atoms with Crippen molar-refractivity contribution in [2.75, 3.05) is 0 Å². The van der Waals surface area contributed by atoms with Gasteiger partial charge in [-0.15, -0.1) is 0 Å². The first-order valence-corrected chi connectivity index (χ1v) is 13.0. The number of allylic oxidation sites excluding steroid dienone is 3. The van der Waals surface area contributed by atoms with E-state index in [4.69, 9.17) is 9.47 Å². The van der Waals surface area contributed by atoms with E-state index in [2.05, 4.69) is 0 Å². The Bertz CT molecular complexity index is 1770. The number of carbonyl (C=O) groups is 1. The van der Waals surface area contributed by atoms with E-state index >= 15 is 0 Å². The molecule has 2 aliphatic heterocycles. The number of aromatic hydroxyl groups is 6. The Kier molecular flexibility index (Phi) is 5.22. The minimum atomic E-state index is -2.09. The van der Waals surface area contributed by atoms with Crippen LogP contribution in [-0.2, 0) is 14.9 Å². The van der Waals surface area contributed by atoms with Gasteiger partial charge < -0.3 is 55.4 Å². The van der Waals surface area contributed by atoms with Gasteiger partial charge in [0.25, 0.3) is 0 Å². The summed E-state index contributed by atoms with van der Waals surface area (Å²) in [5.74, 6) is -5.93. The second-order valence-electron chi connectivity index (χ2n) is 10.9. The number of ketones is 1. The van der Waals surface area contributed by atoms with Gasteiger partial charge in [0.1, 0.15) is 46.4 Å². The molecule has 0 radical (unpaired) electrons. The van der Waals surface area contributed by atoms with Crippen molar-refractivity contribution in [3.05, 3.63) is 87.9 Å². The lowest BCUT2D eigenvalue weighted by atomic mass is 9.53. The third-order valence-electron chi connectivity index (χ3n) is 8.60. The van der Waals surface area contributed by atoms with Crippen molar-refractivity contribution >= 4 is 5.78 Å². The van der Waals surface area contributed by atoms with Crippen LogP contribution in [0.25, 0.3) is 0 Å². The first-order chi connectivity index (χ1) is 19.9. The Morgan fingerprint density at radius 1 is 0.762 bits per heavy atom. The molecule has 0 aromatic heterocycles. The minimum Gasteiger partial charge on any atom is -0.508 e. The Balaban J connectivity index is 1.55. The zero-order valence-corrected chi connectivity index (χ0v) is 21.5. The molecule has 12 heteroatoms. The number of carbonyl (C=O) groups excluding carboxylic acids is 1. The number of hydrogen-bond acceptors (Lipinski definition) is 12. The van der Waals surface area contributed by atoms with Crippen molar-refractivity contribution in [3.63, 3.8) is 0 Å². The molecular formula is C30H24O12. The van der Waals surface area contributed by atoms with Crippen LogP contribution in [0, 0.1) is 0 Å². The van der Waals surface area contributed by atoms with Crippen LogP contribution in [0.15, 0.2) is 65.6 Å². The van der Waals surface area contributed by atoms with Gasteiger partial charge in [-0.1, -0.05) is 6.07 Å². The smallest absolute Gasteiger partial charge is 0.178 e. The summed E-state index contributed by atoms with van der Waals surface area (Å²) in [6.07, 6.45) is -4.70. The van der Waals surface area contributed by atoms with Gasteiger partial charge in [-0.3, -0.25) is 4.79 Å². The molecule has 0 saturated heterocycles. The van der Waals surface area contributed by atoms with Gasteiger partial charge in [0.05, 0.1) is 6.10 Å². The Labute approximate surface area is 236 Å². The fourth-order valence-corrected chi connectivity index (χ4v) is 6.85. The molecule has 2 heterocycles. The lowest BCUT2D eigenvalue weighted by molar-refractivity contribution is -0.130. The number of hydrogen-bond donors (Lipinski definition) is 9. The topological polar surface area (TPSA) is 218 Å². The molecular weight excluding hydrogens is 552 g/mol. The highest BCUT2D eigenvalue weighted by Gasteiger charge is 2.66. The first kappa shape index (κ1) is 25.9. The maximum absolute atomic E-state index is 14.3. The minimum absolute atomic E-state index is 0.0109. The fourth-order valence-electron chi connectivity index (χ4n) is 6.85. The molecule has 0 fully saturated rings. The zero-order chi connectivity index (χ0) is 29.8. The normalized spacial score (nSPS) is 29.1. The van der Waals surface area contributed by atoms with Gasteiger partial charge in [-0.2, -0.15) is 0 Å². The maximum atomic E-state index is 14.3. The molecule has 0 unspecified atom stereocenters. The predicted octanol–water partition coefficient (Wildman–Crippen LogP) is 2.55. The summed E-state index contributed by atoms with van der Waals surface area (Å²) in [6, 6.07) is 8.21. The van der Waals surface area contributed by atoms with Gasteiger partial charge >= 0.3 is 0 Å². The van der Waals surface area contributed by atoms with Crippen molar-refractivity contribution in [3.8, 4) is 40.2 Å². The van der Waals surface area contributed by atoms with Gasteiger partial charge in [0.2, 0.25) is 0 Å². The van der Waals surface area contributed by atoms with Gasteiger partial charge in [0, 0.05) is 47.2 Å². The average Bonchev–Trinajstić information content (AvgIpc) is 2.92. The highest BCUT2D eigenvalue weighted by atomic mass is 16.5. The van der Waals surface area contributed by atoms with Crippen LogP contribution in [0.2, 0.25) is 0 Å². The standard InChI is InChI=1S/C30H24O12/c31-11-4-20(37)24-22(5-11)41-28-12-6-18(35)19(36)8-14(12)30(25(24)26(28)40)23(39)9-16(33)13-7-21(38)27(42-29(13)30)10-1-2-15(32)17(34)3-10/h1-6,8-9,21,25-28,31-38,40H,7H2/t21-,25+,26-,27+,28+,30-/m0/s1. The summed E-state index contributed by atoms with van der Waals surface area (Å²) in [5, 5.41) is 96.0. The van der Waals surface area contributed by atoms with E-state index in [1.54, 1.807) is 0 Å². The van der Waals surface area contributed by atoms with E-state index in [0.717, 1.165) is 24.3 Å².